The van der Waals surface area contributed by atoms with Crippen LogP contribution in [0, 0.1) is 5.92 Å². The average Bonchev–Trinajstić information content (AvgIpc) is 2.64. The molecule has 0 aromatic heterocycles. The third-order valence-electron chi connectivity index (χ3n) is 6.27. The number of hydrogen-bond acceptors (Lipinski definition) is 3. The number of piperidine rings is 2. The SMILES string of the molecule is O=S(=O)(CCCCl)N1CCC[C@H]2CN3CCc4ccc(Cl)cc4[C@@H]3C[C@H]21. The molecule has 0 unspecified atom stereocenters. The Kier molecular flexibility index (Phi) is 5.55. The maximum atomic E-state index is 12.9. The molecule has 0 aliphatic carbocycles. The van der Waals surface area contributed by atoms with E-state index in [9.17, 15) is 8.42 Å². The van der Waals surface area contributed by atoms with Crippen molar-refractivity contribution in [3.8, 4) is 0 Å². The smallest absolute Gasteiger partial charge is 0.214 e. The molecule has 0 spiro atoms. The lowest BCUT2D eigenvalue weighted by Crippen LogP contribution is -2.57. The van der Waals surface area contributed by atoms with Gasteiger partial charge < -0.3 is 0 Å². The van der Waals surface area contributed by atoms with Crippen molar-refractivity contribution in [3.05, 3.63) is 34.3 Å². The summed E-state index contributed by atoms with van der Waals surface area (Å²) in [5.74, 6) is 0.992. The fraction of sp³-hybridized carbons (Fsp3) is 0.684. The van der Waals surface area contributed by atoms with Crippen LogP contribution in [0.1, 0.15) is 42.9 Å². The van der Waals surface area contributed by atoms with Gasteiger partial charge in [-0.1, -0.05) is 17.7 Å². The predicted molar refractivity (Wildman–Crippen MR) is 106 cm³/mol. The summed E-state index contributed by atoms with van der Waals surface area (Å²) in [7, 11) is -3.23. The van der Waals surface area contributed by atoms with Crippen molar-refractivity contribution < 1.29 is 8.42 Å². The number of hydrogen-bond donors (Lipinski definition) is 0. The summed E-state index contributed by atoms with van der Waals surface area (Å²) in [5.41, 5.74) is 2.66. The Balaban J connectivity index is 1.62. The van der Waals surface area contributed by atoms with Gasteiger partial charge in [-0.15, -0.1) is 11.6 Å². The topological polar surface area (TPSA) is 40.6 Å². The molecule has 4 nitrogen and oxygen atoms in total. The molecule has 0 bridgehead atoms. The Bertz CT molecular complexity index is 771. The van der Waals surface area contributed by atoms with Gasteiger partial charge in [-0.25, -0.2) is 8.42 Å². The molecule has 0 N–H and O–H groups in total. The van der Waals surface area contributed by atoms with Gasteiger partial charge in [0.05, 0.1) is 5.75 Å². The molecule has 2 fully saturated rings. The van der Waals surface area contributed by atoms with Crippen molar-refractivity contribution >= 4 is 33.2 Å². The van der Waals surface area contributed by atoms with E-state index in [0.29, 0.717) is 24.8 Å². The highest BCUT2D eigenvalue weighted by atomic mass is 35.5. The second kappa shape index (κ2) is 7.59. The third-order valence-corrected chi connectivity index (χ3v) is 8.75. The van der Waals surface area contributed by atoms with Crippen LogP contribution in [0.5, 0.6) is 0 Å². The van der Waals surface area contributed by atoms with E-state index in [4.69, 9.17) is 23.2 Å². The second-order valence-electron chi connectivity index (χ2n) is 7.78. The van der Waals surface area contributed by atoms with Crippen LogP contribution in [0.25, 0.3) is 0 Å². The first-order chi connectivity index (χ1) is 12.5. The maximum absolute atomic E-state index is 12.9. The minimum atomic E-state index is -3.23. The van der Waals surface area contributed by atoms with E-state index in [2.05, 4.69) is 17.0 Å². The molecule has 0 saturated carbocycles. The molecule has 0 radical (unpaired) electrons. The number of nitrogens with zero attached hydrogens (tertiary/aromatic N) is 2. The molecule has 7 heteroatoms. The number of rotatable bonds is 4. The number of sulfonamides is 1. The molecule has 2 saturated heterocycles. The lowest BCUT2D eigenvalue weighted by molar-refractivity contribution is 0.0220. The molecule has 3 aliphatic heterocycles. The van der Waals surface area contributed by atoms with Crippen LogP contribution < -0.4 is 0 Å². The van der Waals surface area contributed by atoms with E-state index in [1.807, 2.05) is 10.4 Å². The zero-order valence-electron chi connectivity index (χ0n) is 14.9. The molecule has 3 atom stereocenters. The minimum absolute atomic E-state index is 0.107. The molecular formula is C19H26Cl2N2O2S. The molecule has 1 aromatic carbocycles. The number of alkyl halides is 1. The average molecular weight is 417 g/mol. The van der Waals surface area contributed by atoms with Crippen molar-refractivity contribution in [2.45, 2.75) is 44.2 Å². The first kappa shape index (κ1) is 19.0. The van der Waals surface area contributed by atoms with E-state index in [1.165, 1.54) is 11.1 Å². The summed E-state index contributed by atoms with van der Waals surface area (Å²) in [4.78, 5) is 2.55. The Morgan fingerprint density at radius 3 is 2.88 bits per heavy atom. The van der Waals surface area contributed by atoms with Gasteiger partial charge in [0.1, 0.15) is 0 Å². The van der Waals surface area contributed by atoms with E-state index in [1.54, 1.807) is 0 Å². The fourth-order valence-corrected chi connectivity index (χ4v) is 7.36. The molecule has 3 aliphatic rings. The summed E-state index contributed by atoms with van der Waals surface area (Å²) in [5, 5.41) is 0.767. The summed E-state index contributed by atoms with van der Waals surface area (Å²) in [6.07, 6.45) is 4.53. The van der Waals surface area contributed by atoms with Crippen LogP contribution >= 0.6 is 23.2 Å². The van der Waals surface area contributed by atoms with Crippen molar-refractivity contribution in [1.82, 2.24) is 9.21 Å². The number of halogens is 2. The highest BCUT2D eigenvalue weighted by molar-refractivity contribution is 7.89. The molecule has 4 rings (SSSR count). The van der Waals surface area contributed by atoms with Crippen LogP contribution in [0.4, 0.5) is 0 Å². The van der Waals surface area contributed by atoms with Crippen molar-refractivity contribution in [1.29, 1.82) is 0 Å². The summed E-state index contributed by atoms with van der Waals surface area (Å²) < 4.78 is 27.6. The zero-order valence-corrected chi connectivity index (χ0v) is 17.2. The quantitative estimate of drug-likeness (QED) is 0.702. The summed E-state index contributed by atoms with van der Waals surface area (Å²) in [6, 6.07) is 6.57. The maximum Gasteiger partial charge on any atom is 0.214 e. The first-order valence-corrected chi connectivity index (χ1v) is 12.1. The van der Waals surface area contributed by atoms with Gasteiger partial charge >= 0.3 is 0 Å². The molecule has 3 heterocycles. The monoisotopic (exact) mass is 416 g/mol. The molecule has 144 valence electrons. The molecule has 26 heavy (non-hydrogen) atoms. The summed E-state index contributed by atoms with van der Waals surface area (Å²) in [6.45, 7) is 2.70. The van der Waals surface area contributed by atoms with Gasteiger partial charge in [-0.2, -0.15) is 4.31 Å². The third kappa shape index (κ3) is 3.53. The van der Waals surface area contributed by atoms with Crippen molar-refractivity contribution in [2.75, 3.05) is 31.3 Å². The van der Waals surface area contributed by atoms with Crippen LogP contribution in [-0.4, -0.2) is 54.9 Å². The zero-order chi connectivity index (χ0) is 18.3. The van der Waals surface area contributed by atoms with Crippen LogP contribution in [0.15, 0.2) is 18.2 Å². The van der Waals surface area contributed by atoms with Gasteiger partial charge in [0.2, 0.25) is 10.0 Å². The van der Waals surface area contributed by atoms with Crippen molar-refractivity contribution in [3.63, 3.8) is 0 Å². The molecule has 1 aromatic rings. The highest BCUT2D eigenvalue weighted by Gasteiger charge is 2.45. The largest absolute Gasteiger partial charge is 0.296 e. The fourth-order valence-electron chi connectivity index (χ4n) is 5.07. The summed E-state index contributed by atoms with van der Waals surface area (Å²) >= 11 is 12.0. The van der Waals surface area contributed by atoms with Crippen LogP contribution in [0.2, 0.25) is 5.02 Å². The van der Waals surface area contributed by atoms with Gasteiger partial charge in [-0.3, -0.25) is 4.90 Å². The highest BCUT2D eigenvalue weighted by Crippen LogP contribution is 2.44. The van der Waals surface area contributed by atoms with Gasteiger partial charge in [-0.05, 0) is 61.3 Å². The van der Waals surface area contributed by atoms with E-state index < -0.39 is 10.0 Å². The standard InChI is InChI=1S/C19H26Cl2N2O2S/c20-7-2-10-26(24,25)23-8-1-3-15-13-22-9-6-14-4-5-16(21)11-17(14)19(22)12-18(15)23/h4-5,11,15,18-19H,1-3,6-10,12-13H2/t15-,18+,19-/m0/s1. The lowest BCUT2D eigenvalue weighted by Gasteiger charge is -2.51. The Morgan fingerprint density at radius 2 is 2.08 bits per heavy atom. The lowest BCUT2D eigenvalue weighted by atomic mass is 9.77. The minimum Gasteiger partial charge on any atom is -0.296 e. The Hall–Kier alpha value is -0.330. The van der Waals surface area contributed by atoms with Crippen LogP contribution in [0.3, 0.4) is 0 Å². The predicted octanol–water partition coefficient (Wildman–Crippen LogP) is 3.68. The van der Waals surface area contributed by atoms with E-state index >= 15 is 0 Å². The second-order valence-corrected chi connectivity index (χ2v) is 10.6. The Labute approximate surface area is 166 Å². The molecule has 0 amide bonds. The number of benzene rings is 1. The Morgan fingerprint density at radius 1 is 1.23 bits per heavy atom. The van der Waals surface area contributed by atoms with Crippen molar-refractivity contribution in [2.24, 2.45) is 5.92 Å². The van der Waals surface area contributed by atoms with E-state index in [0.717, 1.165) is 43.8 Å². The van der Waals surface area contributed by atoms with Gasteiger partial charge in [0, 0.05) is 42.6 Å². The van der Waals surface area contributed by atoms with E-state index in [-0.39, 0.29) is 17.8 Å². The number of fused-ring (bicyclic) bond motifs is 4. The van der Waals surface area contributed by atoms with Gasteiger partial charge in [0.25, 0.3) is 0 Å². The normalized spacial score (nSPS) is 29.7. The van der Waals surface area contributed by atoms with Gasteiger partial charge in [0.15, 0.2) is 0 Å². The molecular weight excluding hydrogens is 391 g/mol. The first-order valence-electron chi connectivity index (χ1n) is 9.57. The van der Waals surface area contributed by atoms with Crippen LogP contribution in [-0.2, 0) is 16.4 Å².